The Kier molecular flexibility index (Phi) is 4.72. The summed E-state index contributed by atoms with van der Waals surface area (Å²) in [5, 5.41) is 0. The van der Waals surface area contributed by atoms with Crippen LogP contribution in [0.15, 0.2) is 61.2 Å². The van der Waals surface area contributed by atoms with Gasteiger partial charge in [0.2, 0.25) is 0 Å². The van der Waals surface area contributed by atoms with Gasteiger partial charge in [-0.2, -0.15) is 0 Å². The third kappa shape index (κ3) is 3.28. The number of carbonyl (C=O) groups is 1. The smallest absolute Gasteiger partial charge is 0.258 e. The standard InChI is InChI=1S/C17H16FNO2/c1-3-11-19(14-7-5-4-6-8-14)17(20)13-9-10-16(21-2)15(18)12-13/h3-10,12H,1,11H2,2H3. The fraction of sp³-hybridized carbons (Fsp3) is 0.118. The predicted molar refractivity (Wildman–Crippen MR) is 81.3 cm³/mol. The van der Waals surface area contributed by atoms with Gasteiger partial charge in [-0.25, -0.2) is 4.39 Å². The van der Waals surface area contributed by atoms with Gasteiger partial charge in [0.25, 0.3) is 5.91 Å². The zero-order chi connectivity index (χ0) is 15.2. The lowest BCUT2D eigenvalue weighted by Gasteiger charge is -2.21. The van der Waals surface area contributed by atoms with E-state index >= 15 is 0 Å². The number of rotatable bonds is 5. The van der Waals surface area contributed by atoms with Gasteiger partial charge >= 0.3 is 0 Å². The second kappa shape index (κ2) is 6.70. The molecule has 0 saturated carbocycles. The molecule has 0 spiro atoms. The largest absolute Gasteiger partial charge is 0.494 e. The van der Waals surface area contributed by atoms with Gasteiger partial charge in [-0.1, -0.05) is 24.3 Å². The van der Waals surface area contributed by atoms with Crippen LogP contribution in [0.2, 0.25) is 0 Å². The first-order valence-corrected chi connectivity index (χ1v) is 6.48. The Bertz CT molecular complexity index is 640. The molecule has 0 bridgehead atoms. The van der Waals surface area contributed by atoms with Crippen molar-refractivity contribution in [2.75, 3.05) is 18.6 Å². The van der Waals surface area contributed by atoms with Crippen LogP contribution in [0.4, 0.5) is 10.1 Å². The summed E-state index contributed by atoms with van der Waals surface area (Å²) in [6.45, 7) is 4.00. The van der Waals surface area contributed by atoms with Crippen LogP contribution >= 0.6 is 0 Å². The lowest BCUT2D eigenvalue weighted by atomic mass is 10.1. The second-order valence-electron chi connectivity index (χ2n) is 4.39. The number of hydrogen-bond acceptors (Lipinski definition) is 2. The Labute approximate surface area is 123 Å². The van der Waals surface area contributed by atoms with Crippen LogP contribution in [0, 0.1) is 5.82 Å². The van der Waals surface area contributed by atoms with Gasteiger partial charge in [0.05, 0.1) is 7.11 Å². The van der Waals surface area contributed by atoms with Crippen LogP contribution in [0.1, 0.15) is 10.4 Å². The third-order valence-corrected chi connectivity index (χ3v) is 3.02. The number of nitrogens with zero attached hydrogens (tertiary/aromatic N) is 1. The maximum atomic E-state index is 13.7. The van der Waals surface area contributed by atoms with Gasteiger partial charge in [0, 0.05) is 17.8 Å². The summed E-state index contributed by atoms with van der Waals surface area (Å²) in [5.41, 5.74) is 0.998. The number of methoxy groups -OCH3 is 1. The molecular formula is C17H16FNO2. The molecule has 0 aliphatic rings. The van der Waals surface area contributed by atoms with Crippen molar-refractivity contribution in [1.82, 2.24) is 0 Å². The molecule has 4 heteroatoms. The van der Waals surface area contributed by atoms with Crippen LogP contribution in [0.5, 0.6) is 5.75 Å². The number of hydrogen-bond donors (Lipinski definition) is 0. The van der Waals surface area contributed by atoms with Crippen molar-refractivity contribution in [3.05, 3.63) is 72.6 Å². The molecule has 0 unspecified atom stereocenters. The summed E-state index contributed by atoms with van der Waals surface area (Å²) in [6.07, 6.45) is 1.63. The van der Waals surface area contributed by atoms with Gasteiger partial charge < -0.3 is 9.64 Å². The van der Waals surface area contributed by atoms with E-state index in [0.29, 0.717) is 6.54 Å². The molecule has 2 aromatic rings. The summed E-state index contributed by atoms with van der Waals surface area (Å²) in [6, 6.07) is 13.4. The van der Waals surface area contributed by atoms with Crippen LogP contribution in [0.3, 0.4) is 0 Å². The van der Waals surface area contributed by atoms with Crippen molar-refractivity contribution >= 4 is 11.6 Å². The minimum Gasteiger partial charge on any atom is -0.494 e. The Morgan fingerprint density at radius 3 is 2.57 bits per heavy atom. The van der Waals surface area contributed by atoms with Crippen molar-refractivity contribution in [3.8, 4) is 5.75 Å². The van der Waals surface area contributed by atoms with Gasteiger partial charge in [0.15, 0.2) is 11.6 Å². The Morgan fingerprint density at radius 2 is 2.00 bits per heavy atom. The molecule has 108 valence electrons. The van der Waals surface area contributed by atoms with Crippen LogP contribution in [0.25, 0.3) is 0 Å². The van der Waals surface area contributed by atoms with Gasteiger partial charge in [-0.3, -0.25) is 4.79 Å². The second-order valence-corrected chi connectivity index (χ2v) is 4.39. The lowest BCUT2D eigenvalue weighted by molar-refractivity contribution is 0.0989. The predicted octanol–water partition coefficient (Wildman–Crippen LogP) is 3.67. The molecule has 2 rings (SSSR count). The maximum absolute atomic E-state index is 13.7. The summed E-state index contributed by atoms with van der Waals surface area (Å²) >= 11 is 0. The highest BCUT2D eigenvalue weighted by Gasteiger charge is 2.18. The van der Waals surface area contributed by atoms with Crippen molar-refractivity contribution in [1.29, 1.82) is 0 Å². The molecule has 0 radical (unpaired) electrons. The number of carbonyl (C=O) groups excluding carboxylic acids is 1. The van der Waals surface area contributed by atoms with Crippen molar-refractivity contribution in [2.45, 2.75) is 0 Å². The van der Waals surface area contributed by atoms with Crippen LogP contribution in [-0.2, 0) is 0 Å². The zero-order valence-corrected chi connectivity index (χ0v) is 11.8. The Morgan fingerprint density at radius 1 is 1.29 bits per heavy atom. The van der Waals surface area contributed by atoms with Crippen molar-refractivity contribution < 1.29 is 13.9 Å². The number of amides is 1. The number of halogens is 1. The van der Waals surface area contributed by atoms with E-state index in [1.54, 1.807) is 12.1 Å². The van der Waals surface area contributed by atoms with E-state index in [0.717, 1.165) is 5.69 Å². The molecule has 0 saturated heterocycles. The first-order valence-electron chi connectivity index (χ1n) is 6.48. The average Bonchev–Trinajstić information content (AvgIpc) is 2.52. The quantitative estimate of drug-likeness (QED) is 0.784. The van der Waals surface area contributed by atoms with Crippen LogP contribution < -0.4 is 9.64 Å². The Hall–Kier alpha value is -2.62. The molecular weight excluding hydrogens is 269 g/mol. The highest BCUT2D eigenvalue weighted by molar-refractivity contribution is 6.06. The molecule has 0 aromatic heterocycles. The highest BCUT2D eigenvalue weighted by Crippen LogP contribution is 2.21. The summed E-state index contributed by atoms with van der Waals surface area (Å²) < 4.78 is 18.6. The number of para-hydroxylation sites is 1. The van der Waals surface area contributed by atoms with Gasteiger partial charge in [-0.15, -0.1) is 6.58 Å². The van der Waals surface area contributed by atoms with E-state index in [1.165, 1.54) is 24.1 Å². The molecule has 0 atom stereocenters. The minimum atomic E-state index is -0.560. The molecule has 21 heavy (non-hydrogen) atoms. The molecule has 0 fully saturated rings. The highest BCUT2D eigenvalue weighted by atomic mass is 19.1. The fourth-order valence-electron chi connectivity index (χ4n) is 2.00. The van der Waals surface area contributed by atoms with E-state index in [4.69, 9.17) is 4.74 Å². The first-order chi connectivity index (χ1) is 10.2. The summed E-state index contributed by atoms with van der Waals surface area (Å²) in [4.78, 5) is 14.1. The van der Waals surface area contributed by atoms with Gasteiger partial charge in [0.1, 0.15) is 0 Å². The van der Waals surface area contributed by atoms with E-state index in [2.05, 4.69) is 6.58 Å². The summed E-state index contributed by atoms with van der Waals surface area (Å²) in [7, 11) is 1.38. The monoisotopic (exact) mass is 285 g/mol. The molecule has 0 aliphatic carbocycles. The third-order valence-electron chi connectivity index (χ3n) is 3.02. The fourth-order valence-corrected chi connectivity index (χ4v) is 2.00. The molecule has 3 nitrogen and oxygen atoms in total. The SMILES string of the molecule is C=CCN(C(=O)c1ccc(OC)c(F)c1)c1ccccc1. The zero-order valence-electron chi connectivity index (χ0n) is 11.8. The molecule has 1 amide bonds. The molecule has 2 aromatic carbocycles. The van der Waals surface area contributed by atoms with E-state index in [9.17, 15) is 9.18 Å². The first kappa shape index (κ1) is 14.8. The van der Waals surface area contributed by atoms with Gasteiger partial charge in [-0.05, 0) is 30.3 Å². The van der Waals surface area contributed by atoms with Crippen LogP contribution in [-0.4, -0.2) is 19.6 Å². The summed E-state index contributed by atoms with van der Waals surface area (Å²) in [5.74, 6) is -0.737. The molecule has 0 N–H and O–H groups in total. The average molecular weight is 285 g/mol. The number of ether oxygens (including phenoxy) is 1. The Balaban J connectivity index is 2.35. The number of benzene rings is 2. The van der Waals surface area contributed by atoms with E-state index < -0.39 is 5.82 Å². The number of anilines is 1. The van der Waals surface area contributed by atoms with Crippen molar-refractivity contribution in [2.24, 2.45) is 0 Å². The molecule has 0 aliphatic heterocycles. The molecule has 0 heterocycles. The van der Waals surface area contributed by atoms with E-state index in [-0.39, 0.29) is 17.2 Å². The maximum Gasteiger partial charge on any atom is 0.258 e. The lowest BCUT2D eigenvalue weighted by Crippen LogP contribution is -2.31. The van der Waals surface area contributed by atoms with E-state index in [1.807, 2.05) is 30.3 Å². The normalized spacial score (nSPS) is 10.0. The minimum absolute atomic E-state index is 0.113. The van der Waals surface area contributed by atoms with Crippen molar-refractivity contribution in [3.63, 3.8) is 0 Å². The topological polar surface area (TPSA) is 29.5 Å².